The molecule has 0 amide bonds. The van der Waals surface area contributed by atoms with Crippen molar-refractivity contribution in [1.82, 2.24) is 0 Å². The van der Waals surface area contributed by atoms with Crippen LogP contribution in [0.15, 0.2) is 33.8 Å². The number of benzene rings is 1. The Labute approximate surface area is 97.9 Å². The molecular weight excluding hydrogens is 263 g/mol. The minimum atomic E-state index is 0.534. The highest BCUT2D eigenvalue weighted by Crippen LogP contribution is 2.22. The molecule has 0 aromatic heterocycles. The highest BCUT2D eigenvalue weighted by atomic mass is 79.9. The Bertz CT molecular complexity index is 347. The van der Waals surface area contributed by atoms with E-state index in [1.54, 1.807) is 0 Å². The number of hydrogen-bond acceptors (Lipinski definition) is 1. The second kappa shape index (κ2) is 5.42. The van der Waals surface area contributed by atoms with Crippen LogP contribution in [0.5, 0.6) is 5.75 Å². The predicted octanol–water partition coefficient (Wildman–Crippen LogP) is 4.28. The molecule has 1 nitrogen and oxygen atoms in total. The quantitative estimate of drug-likeness (QED) is 0.800. The third kappa shape index (κ3) is 3.35. The number of halogens is 2. The van der Waals surface area contributed by atoms with Crippen LogP contribution in [0.4, 0.5) is 0 Å². The van der Waals surface area contributed by atoms with Gasteiger partial charge in [-0.1, -0.05) is 27.5 Å². The van der Waals surface area contributed by atoms with Crippen molar-refractivity contribution in [2.45, 2.75) is 13.8 Å². The first-order chi connectivity index (χ1) is 6.63. The lowest BCUT2D eigenvalue weighted by Crippen LogP contribution is -1.99. The van der Waals surface area contributed by atoms with Crippen LogP contribution in [-0.2, 0) is 0 Å². The van der Waals surface area contributed by atoms with E-state index < -0.39 is 0 Å². The van der Waals surface area contributed by atoms with Crippen LogP contribution >= 0.6 is 27.5 Å². The van der Waals surface area contributed by atoms with Gasteiger partial charge in [-0.25, -0.2) is 0 Å². The molecule has 3 heteroatoms. The average Bonchev–Trinajstić information content (AvgIpc) is 2.16. The Morgan fingerprint density at radius 1 is 1.57 bits per heavy atom. The molecule has 1 aromatic rings. The summed E-state index contributed by atoms with van der Waals surface area (Å²) >= 11 is 8.94. The zero-order valence-electron chi connectivity index (χ0n) is 8.18. The van der Waals surface area contributed by atoms with Crippen molar-refractivity contribution in [3.05, 3.63) is 39.3 Å². The molecule has 0 aliphatic heterocycles. The lowest BCUT2D eigenvalue weighted by molar-refractivity contribution is 0.350. The summed E-state index contributed by atoms with van der Waals surface area (Å²) in [6.45, 7) is 4.48. The fourth-order valence-corrected chi connectivity index (χ4v) is 1.54. The maximum Gasteiger partial charge on any atom is 0.122 e. The summed E-state index contributed by atoms with van der Waals surface area (Å²) in [4.78, 5) is 0. The SMILES string of the molecule is C/C(=C/Cl)COc1ccc(Br)cc1C. The number of ether oxygens (including phenoxy) is 1. The third-order valence-electron chi connectivity index (χ3n) is 1.78. The molecular formula is C11H12BrClO. The number of rotatable bonds is 3. The fourth-order valence-electron chi connectivity index (χ4n) is 0.998. The van der Waals surface area contributed by atoms with Crippen molar-refractivity contribution in [2.75, 3.05) is 6.61 Å². The van der Waals surface area contributed by atoms with E-state index in [9.17, 15) is 0 Å². The van der Waals surface area contributed by atoms with Crippen molar-refractivity contribution in [3.63, 3.8) is 0 Å². The van der Waals surface area contributed by atoms with E-state index in [4.69, 9.17) is 16.3 Å². The second-order valence-electron chi connectivity index (χ2n) is 3.15. The van der Waals surface area contributed by atoms with Gasteiger partial charge < -0.3 is 4.74 Å². The molecule has 0 heterocycles. The average molecular weight is 276 g/mol. The van der Waals surface area contributed by atoms with Crippen LogP contribution in [0.3, 0.4) is 0 Å². The van der Waals surface area contributed by atoms with E-state index >= 15 is 0 Å². The van der Waals surface area contributed by atoms with Crippen molar-refractivity contribution in [3.8, 4) is 5.75 Å². The van der Waals surface area contributed by atoms with Gasteiger partial charge in [0.2, 0.25) is 0 Å². The first kappa shape index (κ1) is 11.6. The van der Waals surface area contributed by atoms with Crippen LogP contribution < -0.4 is 4.74 Å². The first-order valence-corrected chi connectivity index (χ1v) is 5.51. The van der Waals surface area contributed by atoms with Gasteiger partial charge in [-0.2, -0.15) is 0 Å². The minimum Gasteiger partial charge on any atom is -0.489 e. The second-order valence-corrected chi connectivity index (χ2v) is 4.29. The van der Waals surface area contributed by atoms with E-state index in [0.717, 1.165) is 21.4 Å². The van der Waals surface area contributed by atoms with E-state index in [1.807, 2.05) is 32.0 Å². The van der Waals surface area contributed by atoms with Gasteiger partial charge in [-0.15, -0.1) is 0 Å². The van der Waals surface area contributed by atoms with Crippen LogP contribution in [0, 0.1) is 6.92 Å². The molecule has 0 saturated heterocycles. The summed E-state index contributed by atoms with van der Waals surface area (Å²) in [5.41, 5.74) is 3.66. The monoisotopic (exact) mass is 274 g/mol. The largest absolute Gasteiger partial charge is 0.489 e. The molecule has 0 saturated carbocycles. The lowest BCUT2D eigenvalue weighted by atomic mass is 10.2. The predicted molar refractivity (Wildman–Crippen MR) is 64.0 cm³/mol. The summed E-state index contributed by atoms with van der Waals surface area (Å²) in [6, 6.07) is 5.93. The van der Waals surface area contributed by atoms with Gasteiger partial charge in [0.1, 0.15) is 12.4 Å². The van der Waals surface area contributed by atoms with Crippen molar-refractivity contribution < 1.29 is 4.74 Å². The zero-order valence-corrected chi connectivity index (χ0v) is 10.5. The Hall–Kier alpha value is -0.470. The molecule has 0 atom stereocenters. The molecule has 0 bridgehead atoms. The summed E-state index contributed by atoms with van der Waals surface area (Å²) in [6.07, 6.45) is 0. The molecule has 76 valence electrons. The van der Waals surface area contributed by atoms with Gasteiger partial charge in [0.15, 0.2) is 0 Å². The maximum absolute atomic E-state index is 5.57. The third-order valence-corrected chi connectivity index (χ3v) is 2.64. The normalized spacial score (nSPS) is 11.6. The standard InChI is InChI=1S/C11H12BrClO/c1-8(6-13)7-14-11-4-3-10(12)5-9(11)2/h3-6H,7H2,1-2H3/b8-6-. The van der Waals surface area contributed by atoms with Gasteiger partial charge in [-0.3, -0.25) is 0 Å². The molecule has 0 aliphatic rings. The number of hydrogen-bond donors (Lipinski definition) is 0. The highest BCUT2D eigenvalue weighted by molar-refractivity contribution is 9.10. The Morgan fingerprint density at radius 2 is 2.29 bits per heavy atom. The molecule has 0 spiro atoms. The lowest BCUT2D eigenvalue weighted by Gasteiger charge is -2.08. The topological polar surface area (TPSA) is 9.23 Å². The van der Waals surface area contributed by atoms with Crippen LogP contribution in [-0.4, -0.2) is 6.61 Å². The van der Waals surface area contributed by atoms with Gasteiger partial charge in [0, 0.05) is 10.0 Å². The fraction of sp³-hybridized carbons (Fsp3) is 0.273. The summed E-state index contributed by atoms with van der Waals surface area (Å²) < 4.78 is 6.63. The maximum atomic E-state index is 5.57. The van der Waals surface area contributed by atoms with E-state index in [1.165, 1.54) is 5.54 Å². The first-order valence-electron chi connectivity index (χ1n) is 4.28. The van der Waals surface area contributed by atoms with Crippen molar-refractivity contribution >= 4 is 27.5 Å². The Morgan fingerprint density at radius 3 is 2.86 bits per heavy atom. The molecule has 1 rings (SSSR count). The van der Waals surface area contributed by atoms with E-state index in [0.29, 0.717) is 6.61 Å². The van der Waals surface area contributed by atoms with Crippen molar-refractivity contribution in [2.24, 2.45) is 0 Å². The van der Waals surface area contributed by atoms with Crippen LogP contribution in [0.2, 0.25) is 0 Å². The summed E-state index contributed by atoms with van der Waals surface area (Å²) in [5, 5.41) is 0. The molecule has 0 N–H and O–H groups in total. The molecule has 0 fully saturated rings. The zero-order chi connectivity index (χ0) is 10.6. The molecule has 14 heavy (non-hydrogen) atoms. The molecule has 0 aliphatic carbocycles. The van der Waals surface area contributed by atoms with Crippen LogP contribution in [0.25, 0.3) is 0 Å². The van der Waals surface area contributed by atoms with Gasteiger partial charge in [0.05, 0.1) is 0 Å². The summed E-state index contributed by atoms with van der Waals surface area (Å²) in [7, 11) is 0. The smallest absolute Gasteiger partial charge is 0.122 e. The van der Waals surface area contributed by atoms with Gasteiger partial charge in [-0.05, 0) is 43.2 Å². The summed E-state index contributed by atoms with van der Waals surface area (Å²) in [5.74, 6) is 0.895. The Kier molecular flexibility index (Phi) is 4.49. The van der Waals surface area contributed by atoms with Crippen molar-refractivity contribution in [1.29, 1.82) is 0 Å². The highest BCUT2D eigenvalue weighted by Gasteiger charge is 1.99. The van der Waals surface area contributed by atoms with E-state index in [-0.39, 0.29) is 0 Å². The molecule has 1 aromatic carbocycles. The molecule has 0 unspecified atom stereocenters. The van der Waals surface area contributed by atoms with E-state index in [2.05, 4.69) is 15.9 Å². The van der Waals surface area contributed by atoms with Crippen LogP contribution in [0.1, 0.15) is 12.5 Å². The minimum absolute atomic E-state index is 0.534. The van der Waals surface area contributed by atoms with Gasteiger partial charge >= 0.3 is 0 Å². The Balaban J connectivity index is 2.68. The number of aryl methyl sites for hydroxylation is 1. The van der Waals surface area contributed by atoms with Gasteiger partial charge in [0.25, 0.3) is 0 Å². The molecule has 0 radical (unpaired) electrons.